The molecule has 0 radical (unpaired) electrons. The van der Waals surface area contributed by atoms with Crippen molar-refractivity contribution in [3.63, 3.8) is 0 Å². The third kappa shape index (κ3) is 4.27. The third-order valence-electron chi connectivity index (χ3n) is 5.25. The van der Waals surface area contributed by atoms with E-state index in [-0.39, 0.29) is 17.9 Å². The molecule has 0 unspecified atom stereocenters. The van der Waals surface area contributed by atoms with Crippen molar-refractivity contribution in [2.75, 3.05) is 31.2 Å². The van der Waals surface area contributed by atoms with Gasteiger partial charge >= 0.3 is 6.61 Å². The van der Waals surface area contributed by atoms with E-state index in [1.165, 1.54) is 18.2 Å². The van der Waals surface area contributed by atoms with Gasteiger partial charge in [0.1, 0.15) is 5.75 Å². The van der Waals surface area contributed by atoms with Crippen LogP contribution in [0.3, 0.4) is 0 Å². The molecular formula is C22H20F2N6O3. The number of nitrogens with one attached hydrogen (secondary N) is 1. The molecule has 33 heavy (non-hydrogen) atoms. The van der Waals surface area contributed by atoms with Crippen LogP contribution < -0.4 is 15.0 Å². The normalized spacial score (nSPS) is 14.2. The van der Waals surface area contributed by atoms with Gasteiger partial charge in [-0.05, 0) is 24.3 Å². The Hall–Kier alpha value is -3.86. The molecule has 0 bridgehead atoms. The van der Waals surface area contributed by atoms with Gasteiger partial charge in [0, 0.05) is 18.5 Å². The molecule has 9 nitrogen and oxygen atoms in total. The van der Waals surface area contributed by atoms with Crippen LogP contribution in [0.5, 0.6) is 5.75 Å². The van der Waals surface area contributed by atoms with Crippen LogP contribution in [0.4, 0.5) is 14.7 Å². The van der Waals surface area contributed by atoms with Crippen molar-refractivity contribution in [1.29, 1.82) is 0 Å². The second-order valence-electron chi connectivity index (χ2n) is 7.35. The van der Waals surface area contributed by atoms with E-state index in [9.17, 15) is 13.6 Å². The van der Waals surface area contributed by atoms with Gasteiger partial charge in [0.25, 0.3) is 5.91 Å². The maximum absolute atomic E-state index is 12.7. The largest absolute Gasteiger partial charge is 0.434 e. The molecule has 4 aromatic rings. The fourth-order valence-electron chi connectivity index (χ4n) is 3.73. The Labute approximate surface area is 186 Å². The van der Waals surface area contributed by atoms with Crippen LogP contribution in [0.15, 0.2) is 48.5 Å². The smallest absolute Gasteiger partial charge is 0.387 e. The minimum atomic E-state index is -3.03. The number of alkyl halides is 2. The Morgan fingerprint density at radius 3 is 2.67 bits per heavy atom. The lowest BCUT2D eigenvalue weighted by Gasteiger charge is -2.27. The summed E-state index contributed by atoms with van der Waals surface area (Å²) in [5.41, 5.74) is 1.41. The van der Waals surface area contributed by atoms with E-state index >= 15 is 0 Å². The highest BCUT2D eigenvalue weighted by Gasteiger charge is 2.21. The van der Waals surface area contributed by atoms with Crippen LogP contribution in [-0.2, 0) is 11.3 Å². The first-order valence-corrected chi connectivity index (χ1v) is 10.4. The Morgan fingerprint density at radius 1 is 1.09 bits per heavy atom. The average molecular weight is 454 g/mol. The number of carbonyl (C=O) groups excluding carboxylic acids is 1. The summed E-state index contributed by atoms with van der Waals surface area (Å²) >= 11 is 0. The SMILES string of the molecule is O=C(NCc1nc2c3ccccc3nc(N3CCOCC3)n2n1)c1ccccc1OC(F)F. The average Bonchev–Trinajstić information content (AvgIpc) is 3.27. The highest BCUT2D eigenvalue weighted by Crippen LogP contribution is 2.24. The fraction of sp³-hybridized carbons (Fsp3) is 0.273. The molecule has 170 valence electrons. The molecule has 1 aliphatic heterocycles. The van der Waals surface area contributed by atoms with E-state index in [0.717, 1.165) is 10.9 Å². The second-order valence-corrected chi connectivity index (χ2v) is 7.35. The number of nitrogens with zero attached hydrogens (tertiary/aromatic N) is 5. The highest BCUT2D eigenvalue weighted by molar-refractivity contribution is 5.97. The first-order chi connectivity index (χ1) is 16.1. The Bertz CT molecular complexity index is 1310. The molecule has 0 saturated carbocycles. The van der Waals surface area contributed by atoms with Crippen LogP contribution in [0, 0.1) is 0 Å². The molecule has 1 amide bonds. The second kappa shape index (κ2) is 8.94. The van der Waals surface area contributed by atoms with Crippen LogP contribution in [0.2, 0.25) is 0 Å². The van der Waals surface area contributed by atoms with E-state index in [4.69, 9.17) is 9.72 Å². The van der Waals surface area contributed by atoms with Gasteiger partial charge in [0.15, 0.2) is 11.5 Å². The van der Waals surface area contributed by atoms with Crippen molar-refractivity contribution < 1.29 is 23.0 Å². The molecule has 0 aliphatic carbocycles. The minimum Gasteiger partial charge on any atom is -0.434 e. The molecular weight excluding hydrogens is 434 g/mol. The Balaban J connectivity index is 1.45. The zero-order chi connectivity index (χ0) is 22.8. The number of rotatable bonds is 6. The molecule has 1 N–H and O–H groups in total. The van der Waals surface area contributed by atoms with Crippen LogP contribution in [-0.4, -0.2) is 58.4 Å². The van der Waals surface area contributed by atoms with Gasteiger partial charge in [-0.1, -0.05) is 24.3 Å². The number of carbonyl (C=O) groups is 1. The highest BCUT2D eigenvalue weighted by atomic mass is 19.3. The molecule has 0 atom stereocenters. The number of morpholine rings is 1. The van der Waals surface area contributed by atoms with E-state index in [1.54, 1.807) is 10.6 Å². The van der Waals surface area contributed by atoms with E-state index in [0.29, 0.717) is 43.7 Å². The van der Waals surface area contributed by atoms with Gasteiger partial charge in [-0.25, -0.2) is 9.97 Å². The number of ether oxygens (including phenoxy) is 2. The molecule has 5 rings (SSSR count). The summed E-state index contributed by atoms with van der Waals surface area (Å²) in [5.74, 6) is 0.246. The predicted molar refractivity (Wildman–Crippen MR) is 116 cm³/mol. The molecule has 2 aromatic carbocycles. The van der Waals surface area contributed by atoms with Crippen LogP contribution in [0.1, 0.15) is 16.2 Å². The third-order valence-corrected chi connectivity index (χ3v) is 5.25. The van der Waals surface area contributed by atoms with Crippen molar-refractivity contribution in [2.45, 2.75) is 13.2 Å². The summed E-state index contributed by atoms with van der Waals surface area (Å²) in [6, 6.07) is 13.5. The molecule has 0 spiro atoms. The molecule has 2 aromatic heterocycles. The summed E-state index contributed by atoms with van der Waals surface area (Å²) in [7, 11) is 0. The first-order valence-electron chi connectivity index (χ1n) is 10.4. The lowest BCUT2D eigenvalue weighted by atomic mass is 10.2. The van der Waals surface area contributed by atoms with E-state index in [1.807, 2.05) is 24.3 Å². The number of hydrogen-bond donors (Lipinski definition) is 1. The first kappa shape index (κ1) is 21.0. The van der Waals surface area contributed by atoms with Gasteiger partial charge in [0.05, 0.1) is 30.8 Å². The van der Waals surface area contributed by atoms with Gasteiger partial charge < -0.3 is 19.7 Å². The van der Waals surface area contributed by atoms with Crippen molar-refractivity contribution in [3.8, 4) is 5.75 Å². The zero-order valence-electron chi connectivity index (χ0n) is 17.4. The number of amides is 1. The summed E-state index contributed by atoms with van der Waals surface area (Å²) in [6.07, 6.45) is 0. The summed E-state index contributed by atoms with van der Waals surface area (Å²) < 4.78 is 36.9. The number of halogens is 2. The van der Waals surface area contributed by atoms with Crippen LogP contribution >= 0.6 is 0 Å². The standard InChI is InChI=1S/C22H20F2N6O3/c23-21(24)33-17-8-4-2-6-15(17)20(31)25-13-18-27-19-14-5-1-3-7-16(14)26-22(30(19)28-18)29-9-11-32-12-10-29/h1-8,21H,9-13H2,(H,25,31). The minimum absolute atomic E-state index is 0.000401. The number of fused-ring (bicyclic) bond motifs is 3. The van der Waals surface area contributed by atoms with Gasteiger partial charge in [0.2, 0.25) is 5.95 Å². The van der Waals surface area contributed by atoms with Crippen LogP contribution in [0.25, 0.3) is 16.6 Å². The topological polar surface area (TPSA) is 93.9 Å². The number of aromatic nitrogens is 4. The molecule has 3 heterocycles. The van der Waals surface area contributed by atoms with Crippen molar-refractivity contribution in [2.24, 2.45) is 0 Å². The summed E-state index contributed by atoms with van der Waals surface area (Å²) in [5, 5.41) is 8.08. The number of anilines is 1. The molecule has 1 aliphatic rings. The maximum atomic E-state index is 12.7. The summed E-state index contributed by atoms with van der Waals surface area (Å²) in [6.45, 7) is -0.499. The summed E-state index contributed by atoms with van der Waals surface area (Å²) in [4.78, 5) is 24.1. The number of para-hydroxylation sites is 2. The molecule has 11 heteroatoms. The Morgan fingerprint density at radius 2 is 1.85 bits per heavy atom. The van der Waals surface area contributed by atoms with Crippen molar-refractivity contribution in [1.82, 2.24) is 24.9 Å². The van der Waals surface area contributed by atoms with Gasteiger partial charge in [-0.3, -0.25) is 4.79 Å². The predicted octanol–water partition coefficient (Wildman–Crippen LogP) is 2.65. The molecule has 1 fully saturated rings. The van der Waals surface area contributed by atoms with Crippen molar-refractivity contribution >= 4 is 28.4 Å². The lowest BCUT2D eigenvalue weighted by molar-refractivity contribution is -0.0501. The zero-order valence-corrected chi connectivity index (χ0v) is 17.4. The lowest BCUT2D eigenvalue weighted by Crippen LogP contribution is -2.38. The van der Waals surface area contributed by atoms with Gasteiger partial charge in [-0.2, -0.15) is 13.3 Å². The molecule has 1 saturated heterocycles. The quantitative estimate of drug-likeness (QED) is 0.479. The van der Waals surface area contributed by atoms with E-state index in [2.05, 4.69) is 25.0 Å². The fourth-order valence-corrected chi connectivity index (χ4v) is 3.73. The van der Waals surface area contributed by atoms with Crippen molar-refractivity contribution in [3.05, 3.63) is 59.9 Å². The maximum Gasteiger partial charge on any atom is 0.387 e. The number of hydrogen-bond acceptors (Lipinski definition) is 7. The Kier molecular flexibility index (Phi) is 5.69. The monoisotopic (exact) mass is 454 g/mol. The number of benzene rings is 2. The van der Waals surface area contributed by atoms with E-state index < -0.39 is 12.5 Å². The van der Waals surface area contributed by atoms with Gasteiger partial charge in [-0.15, -0.1) is 5.10 Å².